The molecule has 0 aromatic heterocycles. The highest BCUT2D eigenvalue weighted by molar-refractivity contribution is 5.85. The molecule has 1 saturated heterocycles. The first-order valence-electron chi connectivity index (χ1n) is 6.21. The number of hydrogen-bond donors (Lipinski definition) is 2. The zero-order valence-electron chi connectivity index (χ0n) is 11.0. The Morgan fingerprint density at radius 1 is 1.39 bits per heavy atom. The molecule has 5 nitrogen and oxygen atoms in total. The lowest BCUT2D eigenvalue weighted by atomic mass is 9.93. The minimum absolute atomic E-state index is 0. The second-order valence-electron chi connectivity index (χ2n) is 4.54. The predicted octanol–water partition coefficient (Wildman–Crippen LogP) is 0.866. The van der Waals surface area contributed by atoms with Crippen molar-refractivity contribution in [3.05, 3.63) is 0 Å². The van der Waals surface area contributed by atoms with Crippen LogP contribution in [0.2, 0.25) is 0 Å². The Morgan fingerprint density at radius 3 is 2.56 bits per heavy atom. The molecule has 1 heterocycles. The zero-order valence-corrected chi connectivity index (χ0v) is 11.8. The molecule has 0 radical (unpaired) electrons. The van der Waals surface area contributed by atoms with Gasteiger partial charge in [0.15, 0.2) is 0 Å². The Bertz CT molecular complexity index is 268. The number of carbonyl (C=O) groups is 2. The Kier molecular flexibility index (Phi) is 8.75. The van der Waals surface area contributed by atoms with Crippen molar-refractivity contribution in [1.82, 2.24) is 10.6 Å². The highest BCUT2D eigenvalue weighted by Crippen LogP contribution is 2.17. The summed E-state index contributed by atoms with van der Waals surface area (Å²) in [5.41, 5.74) is 0. The first kappa shape index (κ1) is 17.2. The molecule has 6 heteroatoms. The van der Waals surface area contributed by atoms with Crippen LogP contribution in [0, 0.1) is 5.92 Å². The zero-order chi connectivity index (χ0) is 12.7. The van der Waals surface area contributed by atoms with E-state index in [0.717, 1.165) is 32.4 Å². The monoisotopic (exact) mass is 278 g/mol. The van der Waals surface area contributed by atoms with Gasteiger partial charge < -0.3 is 15.4 Å². The van der Waals surface area contributed by atoms with Crippen molar-refractivity contribution in [3.8, 4) is 0 Å². The Balaban J connectivity index is 0.00000289. The average Bonchev–Trinajstić information content (AvgIpc) is 2.36. The maximum atomic E-state index is 11.6. The van der Waals surface area contributed by atoms with Crippen molar-refractivity contribution >= 4 is 24.3 Å². The van der Waals surface area contributed by atoms with Crippen LogP contribution in [0.25, 0.3) is 0 Å². The van der Waals surface area contributed by atoms with Crippen molar-refractivity contribution in [2.45, 2.75) is 38.6 Å². The lowest BCUT2D eigenvalue weighted by Gasteiger charge is -2.22. The molecule has 0 saturated carbocycles. The third-order valence-corrected chi connectivity index (χ3v) is 3.17. The predicted molar refractivity (Wildman–Crippen MR) is 71.7 cm³/mol. The number of piperidine rings is 1. The highest BCUT2D eigenvalue weighted by atomic mass is 35.5. The Morgan fingerprint density at radius 2 is 2.00 bits per heavy atom. The van der Waals surface area contributed by atoms with Crippen LogP contribution in [0.15, 0.2) is 0 Å². The number of halogens is 1. The molecular formula is C12H23ClN2O3. The van der Waals surface area contributed by atoms with Crippen LogP contribution in [0.3, 0.4) is 0 Å². The third-order valence-electron chi connectivity index (χ3n) is 3.17. The van der Waals surface area contributed by atoms with E-state index in [-0.39, 0.29) is 18.3 Å². The quantitative estimate of drug-likeness (QED) is 0.732. The van der Waals surface area contributed by atoms with Crippen molar-refractivity contribution in [2.24, 2.45) is 5.92 Å². The summed E-state index contributed by atoms with van der Waals surface area (Å²) in [4.78, 5) is 22.7. The summed E-state index contributed by atoms with van der Waals surface area (Å²) in [5, 5.41) is 5.94. The SMILES string of the molecule is COC(=O)C(C)NC(=O)CCC1CCNCC1.Cl. The van der Waals surface area contributed by atoms with Gasteiger partial charge in [-0.15, -0.1) is 12.4 Å². The van der Waals surface area contributed by atoms with Gasteiger partial charge in [0.1, 0.15) is 6.04 Å². The first-order valence-corrected chi connectivity index (χ1v) is 6.21. The van der Waals surface area contributed by atoms with Gasteiger partial charge in [-0.05, 0) is 45.2 Å². The van der Waals surface area contributed by atoms with Gasteiger partial charge in [-0.3, -0.25) is 4.79 Å². The van der Waals surface area contributed by atoms with Crippen molar-refractivity contribution in [2.75, 3.05) is 20.2 Å². The minimum Gasteiger partial charge on any atom is -0.467 e. The van der Waals surface area contributed by atoms with E-state index in [2.05, 4.69) is 15.4 Å². The Hall–Kier alpha value is -0.810. The number of ether oxygens (including phenoxy) is 1. The maximum absolute atomic E-state index is 11.6. The van der Waals surface area contributed by atoms with Crippen LogP contribution in [0.1, 0.15) is 32.6 Å². The molecule has 1 amide bonds. The molecule has 0 bridgehead atoms. The molecule has 106 valence electrons. The van der Waals surface area contributed by atoms with Crippen molar-refractivity contribution < 1.29 is 14.3 Å². The first-order chi connectivity index (χ1) is 8.13. The summed E-state index contributed by atoms with van der Waals surface area (Å²) in [6.45, 7) is 3.73. The van der Waals surface area contributed by atoms with E-state index in [1.165, 1.54) is 7.11 Å². The van der Waals surface area contributed by atoms with Crippen LogP contribution in [0.5, 0.6) is 0 Å². The van der Waals surface area contributed by atoms with Crippen LogP contribution in [0.4, 0.5) is 0 Å². The van der Waals surface area contributed by atoms with E-state index in [1.807, 2.05) is 0 Å². The molecule has 1 unspecified atom stereocenters. The fourth-order valence-corrected chi connectivity index (χ4v) is 2.05. The number of nitrogens with one attached hydrogen (secondary N) is 2. The molecule has 1 fully saturated rings. The number of amides is 1. The fourth-order valence-electron chi connectivity index (χ4n) is 2.05. The molecule has 2 N–H and O–H groups in total. The van der Waals surface area contributed by atoms with Gasteiger partial charge >= 0.3 is 5.97 Å². The molecule has 0 aliphatic carbocycles. The molecule has 1 rings (SSSR count). The second kappa shape index (κ2) is 9.16. The van der Waals surface area contributed by atoms with Crippen LogP contribution in [-0.2, 0) is 14.3 Å². The van der Waals surface area contributed by atoms with E-state index in [0.29, 0.717) is 12.3 Å². The highest BCUT2D eigenvalue weighted by Gasteiger charge is 2.18. The molecule has 18 heavy (non-hydrogen) atoms. The van der Waals surface area contributed by atoms with Gasteiger partial charge in [0.2, 0.25) is 5.91 Å². The fraction of sp³-hybridized carbons (Fsp3) is 0.833. The number of esters is 1. The molecule has 0 aromatic carbocycles. The maximum Gasteiger partial charge on any atom is 0.328 e. The van der Waals surface area contributed by atoms with E-state index < -0.39 is 12.0 Å². The van der Waals surface area contributed by atoms with E-state index >= 15 is 0 Å². The topological polar surface area (TPSA) is 67.4 Å². The number of hydrogen-bond acceptors (Lipinski definition) is 4. The standard InChI is InChI=1S/C12H22N2O3.ClH/c1-9(12(16)17-2)14-11(15)4-3-10-5-7-13-8-6-10;/h9-10,13H,3-8H2,1-2H3,(H,14,15);1H. The third kappa shape index (κ3) is 6.21. The van der Waals surface area contributed by atoms with Gasteiger partial charge in [0.25, 0.3) is 0 Å². The van der Waals surface area contributed by atoms with Crippen LogP contribution < -0.4 is 10.6 Å². The van der Waals surface area contributed by atoms with Gasteiger partial charge in [-0.1, -0.05) is 0 Å². The molecule has 1 aliphatic heterocycles. The summed E-state index contributed by atoms with van der Waals surface area (Å²) in [6, 6.07) is -0.555. The van der Waals surface area contributed by atoms with Gasteiger partial charge in [0.05, 0.1) is 7.11 Å². The summed E-state index contributed by atoms with van der Waals surface area (Å²) >= 11 is 0. The van der Waals surface area contributed by atoms with E-state index in [9.17, 15) is 9.59 Å². The number of carbonyl (C=O) groups excluding carboxylic acids is 2. The van der Waals surface area contributed by atoms with Gasteiger partial charge in [-0.25, -0.2) is 4.79 Å². The van der Waals surface area contributed by atoms with Gasteiger partial charge in [0, 0.05) is 6.42 Å². The summed E-state index contributed by atoms with van der Waals surface area (Å²) in [7, 11) is 1.32. The number of rotatable bonds is 5. The van der Waals surface area contributed by atoms with Crippen molar-refractivity contribution in [1.29, 1.82) is 0 Å². The summed E-state index contributed by atoms with van der Waals surface area (Å²) in [6.07, 6.45) is 3.67. The summed E-state index contributed by atoms with van der Waals surface area (Å²) in [5.74, 6) is 0.164. The molecule has 1 atom stereocenters. The van der Waals surface area contributed by atoms with E-state index in [4.69, 9.17) is 0 Å². The average molecular weight is 279 g/mol. The molecule has 1 aliphatic rings. The Labute approximate surface area is 114 Å². The minimum atomic E-state index is -0.555. The largest absolute Gasteiger partial charge is 0.467 e. The molecular weight excluding hydrogens is 256 g/mol. The lowest BCUT2D eigenvalue weighted by Crippen LogP contribution is -2.39. The second-order valence-corrected chi connectivity index (χ2v) is 4.54. The lowest BCUT2D eigenvalue weighted by molar-refractivity contribution is -0.144. The van der Waals surface area contributed by atoms with E-state index in [1.54, 1.807) is 6.92 Å². The molecule has 0 aromatic rings. The number of methoxy groups -OCH3 is 1. The smallest absolute Gasteiger partial charge is 0.328 e. The molecule has 0 spiro atoms. The normalized spacial score (nSPS) is 17.4. The summed E-state index contributed by atoms with van der Waals surface area (Å²) < 4.78 is 4.55. The van der Waals surface area contributed by atoms with Crippen LogP contribution >= 0.6 is 12.4 Å². The van der Waals surface area contributed by atoms with Crippen molar-refractivity contribution in [3.63, 3.8) is 0 Å². The van der Waals surface area contributed by atoms with Gasteiger partial charge in [-0.2, -0.15) is 0 Å². The van der Waals surface area contributed by atoms with Crippen LogP contribution in [-0.4, -0.2) is 38.1 Å².